The number of alkyl halides is 1. The van der Waals surface area contributed by atoms with Crippen molar-refractivity contribution >= 4 is 21.9 Å². The molecule has 0 amide bonds. The summed E-state index contributed by atoms with van der Waals surface area (Å²) in [7, 11) is 1.35. The van der Waals surface area contributed by atoms with Crippen molar-refractivity contribution in [2.45, 2.75) is 11.8 Å². The van der Waals surface area contributed by atoms with Gasteiger partial charge in [0.1, 0.15) is 4.83 Å². The van der Waals surface area contributed by atoms with Gasteiger partial charge < -0.3 is 9.47 Å². The number of ether oxygens (including phenoxy) is 2. The van der Waals surface area contributed by atoms with E-state index in [4.69, 9.17) is 4.74 Å². The molecule has 4 heteroatoms. The van der Waals surface area contributed by atoms with Crippen LogP contribution in [0, 0.1) is 0 Å². The molecule has 0 radical (unpaired) electrons. The molecule has 0 heterocycles. The highest BCUT2D eigenvalue weighted by molar-refractivity contribution is 9.10. The molecule has 0 bridgehead atoms. The first-order valence-corrected chi connectivity index (χ1v) is 3.93. The minimum atomic E-state index is -0.336. The maximum Gasteiger partial charge on any atom is 0.321 e. The highest BCUT2D eigenvalue weighted by Crippen LogP contribution is 2.01. The van der Waals surface area contributed by atoms with Crippen molar-refractivity contribution in [1.29, 1.82) is 0 Å². The van der Waals surface area contributed by atoms with Crippen molar-refractivity contribution in [2.24, 2.45) is 0 Å². The van der Waals surface area contributed by atoms with Gasteiger partial charge in [-0.05, 0) is 6.92 Å². The van der Waals surface area contributed by atoms with Crippen molar-refractivity contribution < 1.29 is 14.3 Å². The van der Waals surface area contributed by atoms with E-state index in [0.717, 1.165) is 0 Å². The zero-order chi connectivity index (χ0) is 7.98. The van der Waals surface area contributed by atoms with Crippen molar-refractivity contribution in [3.63, 3.8) is 0 Å². The smallest absolute Gasteiger partial charge is 0.321 e. The van der Waals surface area contributed by atoms with E-state index in [1.807, 2.05) is 6.92 Å². The third-order valence-electron chi connectivity index (χ3n) is 0.925. The number of hydrogen-bond donors (Lipinski definition) is 0. The van der Waals surface area contributed by atoms with Crippen LogP contribution >= 0.6 is 15.9 Å². The van der Waals surface area contributed by atoms with Crippen LogP contribution in [0.15, 0.2) is 0 Å². The molecule has 0 N–H and O–H groups in total. The normalized spacial score (nSPS) is 12.7. The molecule has 0 aliphatic carbocycles. The molecule has 0 aromatic carbocycles. The second-order valence-electron chi connectivity index (χ2n) is 1.65. The minimum absolute atomic E-state index is 0.298. The standard InChI is InChI=1S/C6H11BrO3/c1-3-10-4-5(7)6(8)9-2/h5H,3-4H2,1-2H3. The van der Waals surface area contributed by atoms with E-state index in [0.29, 0.717) is 13.2 Å². The van der Waals surface area contributed by atoms with E-state index in [1.165, 1.54) is 7.11 Å². The highest BCUT2D eigenvalue weighted by Gasteiger charge is 2.13. The van der Waals surface area contributed by atoms with Crippen LogP contribution in [-0.4, -0.2) is 31.1 Å². The number of halogens is 1. The summed E-state index contributed by atoms with van der Waals surface area (Å²) in [5.74, 6) is -0.298. The van der Waals surface area contributed by atoms with Crippen LogP contribution in [0.1, 0.15) is 6.92 Å². The van der Waals surface area contributed by atoms with Gasteiger partial charge in [-0.3, -0.25) is 4.79 Å². The fraction of sp³-hybridized carbons (Fsp3) is 0.833. The molecule has 0 saturated heterocycles. The molecule has 0 aliphatic heterocycles. The van der Waals surface area contributed by atoms with Crippen molar-refractivity contribution in [3.8, 4) is 0 Å². The molecule has 0 aliphatic rings. The minimum Gasteiger partial charge on any atom is -0.468 e. The Morgan fingerprint density at radius 3 is 2.70 bits per heavy atom. The average molecular weight is 211 g/mol. The molecule has 3 nitrogen and oxygen atoms in total. The van der Waals surface area contributed by atoms with E-state index in [1.54, 1.807) is 0 Å². The molecule has 60 valence electrons. The Morgan fingerprint density at radius 1 is 1.70 bits per heavy atom. The summed E-state index contributed by atoms with van der Waals surface area (Å²) in [6.45, 7) is 2.85. The molecular formula is C6H11BrO3. The third-order valence-corrected chi connectivity index (χ3v) is 1.56. The lowest BCUT2D eigenvalue weighted by molar-refractivity contribution is -0.140. The fourth-order valence-corrected chi connectivity index (χ4v) is 0.791. The van der Waals surface area contributed by atoms with E-state index in [9.17, 15) is 4.79 Å². The van der Waals surface area contributed by atoms with Crippen LogP contribution in [0.3, 0.4) is 0 Å². The van der Waals surface area contributed by atoms with Crippen LogP contribution in [0.5, 0.6) is 0 Å². The lowest BCUT2D eigenvalue weighted by atomic mass is 10.5. The molecule has 0 aromatic rings. The largest absolute Gasteiger partial charge is 0.468 e. The summed E-state index contributed by atoms with van der Waals surface area (Å²) >= 11 is 3.10. The summed E-state index contributed by atoms with van der Waals surface area (Å²) in [4.78, 5) is 10.3. The Hall–Kier alpha value is -0.0900. The first-order valence-electron chi connectivity index (χ1n) is 3.02. The van der Waals surface area contributed by atoms with Crippen molar-refractivity contribution in [3.05, 3.63) is 0 Å². The van der Waals surface area contributed by atoms with Gasteiger partial charge in [-0.25, -0.2) is 0 Å². The van der Waals surface area contributed by atoms with Crippen LogP contribution in [0.4, 0.5) is 0 Å². The number of carbonyl (C=O) groups is 1. The molecule has 0 aromatic heterocycles. The molecule has 0 spiro atoms. The number of methoxy groups -OCH3 is 1. The quantitative estimate of drug-likeness (QED) is 0.513. The van der Waals surface area contributed by atoms with Gasteiger partial charge in [0.15, 0.2) is 0 Å². The van der Waals surface area contributed by atoms with Crippen LogP contribution in [0.2, 0.25) is 0 Å². The lowest BCUT2D eigenvalue weighted by Gasteiger charge is -2.05. The molecule has 0 rings (SSSR count). The van der Waals surface area contributed by atoms with E-state index in [2.05, 4.69) is 20.7 Å². The summed E-state index contributed by atoms with van der Waals surface area (Å²) in [5.41, 5.74) is 0. The zero-order valence-electron chi connectivity index (χ0n) is 6.09. The number of esters is 1. The predicted molar refractivity (Wildman–Crippen MR) is 41.2 cm³/mol. The van der Waals surface area contributed by atoms with Gasteiger partial charge in [0.25, 0.3) is 0 Å². The first kappa shape index (κ1) is 9.91. The van der Waals surface area contributed by atoms with Crippen LogP contribution in [-0.2, 0) is 14.3 Å². The van der Waals surface area contributed by atoms with E-state index in [-0.39, 0.29) is 10.8 Å². The third kappa shape index (κ3) is 3.85. The fourth-order valence-electron chi connectivity index (χ4n) is 0.417. The van der Waals surface area contributed by atoms with Gasteiger partial charge >= 0.3 is 5.97 Å². The highest BCUT2D eigenvalue weighted by atomic mass is 79.9. The Balaban J connectivity index is 3.41. The van der Waals surface area contributed by atoms with Crippen molar-refractivity contribution in [1.82, 2.24) is 0 Å². The Bertz CT molecular complexity index is 105. The van der Waals surface area contributed by atoms with Crippen LogP contribution in [0.25, 0.3) is 0 Å². The van der Waals surface area contributed by atoms with Gasteiger partial charge in [-0.15, -0.1) is 0 Å². The van der Waals surface area contributed by atoms with Crippen LogP contribution < -0.4 is 0 Å². The second kappa shape index (κ2) is 5.68. The Labute approximate surface area is 68.8 Å². The van der Waals surface area contributed by atoms with E-state index < -0.39 is 0 Å². The average Bonchev–Trinajstić information content (AvgIpc) is 1.98. The number of carbonyl (C=O) groups excluding carboxylic acids is 1. The molecule has 10 heavy (non-hydrogen) atoms. The van der Waals surface area contributed by atoms with Gasteiger partial charge in [-0.1, -0.05) is 15.9 Å². The molecule has 0 fully saturated rings. The molecule has 0 saturated carbocycles. The maximum atomic E-state index is 10.7. The first-order chi connectivity index (χ1) is 4.72. The summed E-state index contributed by atoms with van der Waals surface area (Å²) < 4.78 is 9.41. The zero-order valence-corrected chi connectivity index (χ0v) is 7.68. The van der Waals surface area contributed by atoms with Gasteiger partial charge in [0.05, 0.1) is 13.7 Å². The maximum absolute atomic E-state index is 10.7. The SMILES string of the molecule is CCOCC(Br)C(=O)OC. The number of hydrogen-bond acceptors (Lipinski definition) is 3. The summed E-state index contributed by atoms with van der Waals surface area (Å²) in [5, 5.41) is 0. The van der Waals surface area contributed by atoms with Gasteiger partial charge in [0, 0.05) is 6.61 Å². The van der Waals surface area contributed by atoms with Crippen molar-refractivity contribution in [2.75, 3.05) is 20.3 Å². The second-order valence-corrected chi connectivity index (χ2v) is 2.76. The monoisotopic (exact) mass is 210 g/mol. The summed E-state index contributed by atoms with van der Waals surface area (Å²) in [6.07, 6.45) is 0. The predicted octanol–water partition coefficient (Wildman–Crippen LogP) is 0.959. The molecular weight excluding hydrogens is 200 g/mol. The Kier molecular flexibility index (Phi) is 5.63. The molecule has 1 atom stereocenters. The van der Waals surface area contributed by atoms with Gasteiger partial charge in [-0.2, -0.15) is 0 Å². The summed E-state index contributed by atoms with van der Waals surface area (Å²) in [6, 6.07) is 0. The Morgan fingerprint density at radius 2 is 2.30 bits per heavy atom. The topological polar surface area (TPSA) is 35.5 Å². The van der Waals surface area contributed by atoms with Gasteiger partial charge in [0.2, 0.25) is 0 Å². The lowest BCUT2D eigenvalue weighted by Crippen LogP contribution is -2.21. The molecule has 1 unspecified atom stereocenters. The number of rotatable bonds is 4. The van der Waals surface area contributed by atoms with E-state index >= 15 is 0 Å².